The fraction of sp³-hybridized carbons (Fsp3) is 0.385. The van der Waals surface area contributed by atoms with Crippen LogP contribution in [0.4, 0.5) is 11.4 Å². The van der Waals surface area contributed by atoms with Crippen LogP contribution in [0.3, 0.4) is 0 Å². The van der Waals surface area contributed by atoms with Crippen LogP contribution in [0.15, 0.2) is 18.2 Å². The van der Waals surface area contributed by atoms with Crippen molar-refractivity contribution in [2.24, 2.45) is 5.92 Å². The quantitative estimate of drug-likeness (QED) is 0.625. The number of carbonyl (C=O) groups is 1. The van der Waals surface area contributed by atoms with Crippen molar-refractivity contribution in [3.63, 3.8) is 0 Å². The second-order valence-corrected chi connectivity index (χ2v) is 4.27. The number of esters is 1. The fourth-order valence-corrected chi connectivity index (χ4v) is 1.58. The van der Waals surface area contributed by atoms with E-state index in [2.05, 4.69) is 5.32 Å². The van der Waals surface area contributed by atoms with Gasteiger partial charge in [0, 0.05) is 0 Å². The number of benzene rings is 1. The second-order valence-electron chi connectivity index (χ2n) is 4.27. The van der Waals surface area contributed by atoms with E-state index >= 15 is 0 Å². The van der Waals surface area contributed by atoms with Gasteiger partial charge in [0.1, 0.15) is 12.1 Å². The first-order valence-electron chi connectivity index (χ1n) is 5.64. The molecule has 5 heteroatoms. The van der Waals surface area contributed by atoms with Gasteiger partial charge >= 0.3 is 5.97 Å². The molecule has 1 aromatic rings. The number of para-hydroxylation sites is 1. The normalized spacial score (nSPS) is 11.7. The molecule has 96 valence electrons. The molecule has 18 heavy (non-hydrogen) atoms. The van der Waals surface area contributed by atoms with Crippen molar-refractivity contribution in [2.45, 2.75) is 19.9 Å². The highest BCUT2D eigenvalue weighted by molar-refractivity contribution is 5.82. The summed E-state index contributed by atoms with van der Waals surface area (Å²) in [5, 5.41) is 11.9. The van der Waals surface area contributed by atoms with Crippen molar-refractivity contribution < 1.29 is 9.53 Å². The molecule has 3 N–H and O–H groups in total. The molecule has 0 aliphatic heterocycles. The zero-order valence-electron chi connectivity index (χ0n) is 10.7. The Kier molecular flexibility index (Phi) is 4.55. The Bertz CT molecular complexity index is 478. The minimum atomic E-state index is -0.494. The van der Waals surface area contributed by atoms with Crippen LogP contribution in [0.2, 0.25) is 0 Å². The molecule has 0 aliphatic carbocycles. The molecular weight excluding hydrogens is 230 g/mol. The smallest absolute Gasteiger partial charge is 0.328 e. The standard InChI is InChI=1S/C13H17N3O2/c1-8(2)12(13(17)18-3)16-10-6-4-5-9(7-14)11(10)15/h4-6,8,12,16H,15H2,1-3H3. The molecule has 0 fully saturated rings. The summed E-state index contributed by atoms with van der Waals surface area (Å²) in [6.07, 6.45) is 0. The summed E-state index contributed by atoms with van der Waals surface area (Å²) in [5.74, 6) is -0.311. The topological polar surface area (TPSA) is 88.1 Å². The number of hydrogen-bond donors (Lipinski definition) is 2. The first-order chi connectivity index (χ1) is 8.51. The molecule has 0 saturated heterocycles. The molecule has 0 amide bonds. The van der Waals surface area contributed by atoms with E-state index in [1.807, 2.05) is 19.9 Å². The van der Waals surface area contributed by atoms with E-state index < -0.39 is 6.04 Å². The van der Waals surface area contributed by atoms with Gasteiger partial charge in [0.15, 0.2) is 0 Å². The van der Waals surface area contributed by atoms with Gasteiger partial charge in [-0.25, -0.2) is 4.79 Å². The summed E-state index contributed by atoms with van der Waals surface area (Å²) in [6, 6.07) is 6.58. The number of methoxy groups -OCH3 is 1. The molecule has 0 spiro atoms. The maximum Gasteiger partial charge on any atom is 0.328 e. The first kappa shape index (κ1) is 13.8. The molecule has 1 aromatic carbocycles. The molecule has 0 radical (unpaired) electrons. The van der Waals surface area contributed by atoms with Crippen molar-refractivity contribution in [1.29, 1.82) is 5.26 Å². The highest BCUT2D eigenvalue weighted by Gasteiger charge is 2.23. The molecule has 1 rings (SSSR count). The van der Waals surface area contributed by atoms with Crippen molar-refractivity contribution in [2.75, 3.05) is 18.2 Å². The highest BCUT2D eigenvalue weighted by atomic mass is 16.5. The van der Waals surface area contributed by atoms with Gasteiger partial charge in [-0.3, -0.25) is 0 Å². The van der Waals surface area contributed by atoms with E-state index in [4.69, 9.17) is 15.7 Å². The number of nitrogen functional groups attached to an aromatic ring is 1. The van der Waals surface area contributed by atoms with Gasteiger partial charge in [-0.1, -0.05) is 19.9 Å². The summed E-state index contributed by atoms with van der Waals surface area (Å²) in [4.78, 5) is 11.6. The Morgan fingerprint density at radius 1 is 1.50 bits per heavy atom. The van der Waals surface area contributed by atoms with Gasteiger partial charge in [0.05, 0.1) is 24.0 Å². The molecule has 0 bridgehead atoms. The third-order valence-corrected chi connectivity index (χ3v) is 2.66. The zero-order valence-corrected chi connectivity index (χ0v) is 10.7. The maximum atomic E-state index is 11.6. The van der Waals surface area contributed by atoms with E-state index in [1.165, 1.54) is 7.11 Å². The number of ether oxygens (including phenoxy) is 1. The van der Waals surface area contributed by atoms with Gasteiger partial charge in [0.25, 0.3) is 0 Å². The van der Waals surface area contributed by atoms with Crippen LogP contribution >= 0.6 is 0 Å². The third-order valence-electron chi connectivity index (χ3n) is 2.66. The van der Waals surface area contributed by atoms with Crippen LogP contribution in [-0.2, 0) is 9.53 Å². The number of nitrogens with one attached hydrogen (secondary N) is 1. The summed E-state index contributed by atoms with van der Waals surface area (Å²) >= 11 is 0. The van der Waals surface area contributed by atoms with Crippen LogP contribution in [0.25, 0.3) is 0 Å². The number of hydrogen-bond acceptors (Lipinski definition) is 5. The number of nitriles is 1. The monoisotopic (exact) mass is 247 g/mol. The SMILES string of the molecule is COC(=O)C(Nc1cccc(C#N)c1N)C(C)C. The number of carbonyl (C=O) groups excluding carboxylic acids is 1. The van der Waals surface area contributed by atoms with Crippen LogP contribution in [0.1, 0.15) is 19.4 Å². The largest absolute Gasteiger partial charge is 0.467 e. The highest BCUT2D eigenvalue weighted by Crippen LogP contribution is 2.24. The molecule has 1 atom stereocenters. The Morgan fingerprint density at radius 3 is 2.67 bits per heavy atom. The van der Waals surface area contributed by atoms with Crippen molar-refractivity contribution in [3.05, 3.63) is 23.8 Å². The van der Waals surface area contributed by atoms with E-state index in [0.29, 0.717) is 16.9 Å². The number of nitrogens with two attached hydrogens (primary N) is 1. The summed E-state index contributed by atoms with van der Waals surface area (Å²) in [7, 11) is 1.34. The second kappa shape index (κ2) is 5.92. The van der Waals surface area contributed by atoms with Crippen molar-refractivity contribution >= 4 is 17.3 Å². The Hall–Kier alpha value is -2.22. The Balaban J connectivity index is 3.02. The lowest BCUT2D eigenvalue weighted by molar-refractivity contribution is -0.142. The Labute approximate surface area is 107 Å². The number of nitrogens with zero attached hydrogens (tertiary/aromatic N) is 1. The zero-order chi connectivity index (χ0) is 13.7. The van der Waals surface area contributed by atoms with Gasteiger partial charge in [-0.15, -0.1) is 0 Å². The molecule has 0 saturated carbocycles. The van der Waals surface area contributed by atoms with Crippen LogP contribution in [-0.4, -0.2) is 19.1 Å². The molecule has 0 aromatic heterocycles. The third kappa shape index (κ3) is 2.92. The van der Waals surface area contributed by atoms with Crippen LogP contribution < -0.4 is 11.1 Å². The average Bonchev–Trinajstić information content (AvgIpc) is 2.36. The molecular formula is C13H17N3O2. The van der Waals surface area contributed by atoms with Gasteiger partial charge in [-0.05, 0) is 18.1 Å². The molecule has 1 unspecified atom stereocenters. The first-order valence-corrected chi connectivity index (χ1v) is 5.64. The lowest BCUT2D eigenvalue weighted by atomic mass is 10.0. The van der Waals surface area contributed by atoms with Crippen molar-refractivity contribution in [1.82, 2.24) is 0 Å². The van der Waals surface area contributed by atoms with E-state index in [1.54, 1.807) is 18.2 Å². The van der Waals surface area contributed by atoms with Crippen molar-refractivity contribution in [3.8, 4) is 6.07 Å². The average molecular weight is 247 g/mol. The predicted molar refractivity (Wildman–Crippen MR) is 69.8 cm³/mol. The summed E-state index contributed by atoms with van der Waals surface area (Å²) < 4.78 is 4.74. The lowest BCUT2D eigenvalue weighted by Crippen LogP contribution is -2.35. The number of anilines is 2. The Morgan fingerprint density at radius 2 is 2.17 bits per heavy atom. The van der Waals surface area contributed by atoms with Gasteiger partial charge in [0.2, 0.25) is 0 Å². The van der Waals surface area contributed by atoms with Gasteiger partial charge < -0.3 is 15.8 Å². The molecule has 5 nitrogen and oxygen atoms in total. The summed E-state index contributed by atoms with van der Waals surface area (Å²) in [6.45, 7) is 3.80. The number of rotatable bonds is 4. The van der Waals surface area contributed by atoms with Gasteiger partial charge in [-0.2, -0.15) is 5.26 Å². The minimum Gasteiger partial charge on any atom is -0.467 e. The molecule has 0 heterocycles. The van der Waals surface area contributed by atoms with E-state index in [9.17, 15) is 4.79 Å². The predicted octanol–water partition coefficient (Wildman–Crippen LogP) is 1.75. The maximum absolute atomic E-state index is 11.6. The molecule has 0 aliphatic rings. The van der Waals surface area contributed by atoms with Crippen LogP contribution in [0.5, 0.6) is 0 Å². The minimum absolute atomic E-state index is 0.0441. The fourth-order valence-electron chi connectivity index (χ4n) is 1.58. The summed E-state index contributed by atoms with van der Waals surface area (Å²) in [5.41, 5.74) is 7.14. The van der Waals surface area contributed by atoms with E-state index in [0.717, 1.165) is 0 Å². The van der Waals surface area contributed by atoms with E-state index in [-0.39, 0.29) is 11.9 Å². The lowest BCUT2D eigenvalue weighted by Gasteiger charge is -2.22. The van der Waals surface area contributed by atoms with Crippen LogP contribution in [0, 0.1) is 17.2 Å².